The molecule has 10 heteroatoms. The fourth-order valence-electron chi connectivity index (χ4n) is 2.90. The van der Waals surface area contributed by atoms with E-state index in [1.54, 1.807) is 6.08 Å². The number of anilines is 1. The Bertz CT molecular complexity index is 1250. The highest BCUT2D eigenvalue weighted by molar-refractivity contribution is 7.99. The van der Waals surface area contributed by atoms with Gasteiger partial charge in [-0.05, 0) is 24.3 Å². The van der Waals surface area contributed by atoms with Crippen molar-refractivity contribution in [3.8, 4) is 11.6 Å². The molecule has 0 aliphatic rings. The molecule has 0 saturated carbocycles. The monoisotopic (exact) mass is 492 g/mol. The van der Waals surface area contributed by atoms with Crippen molar-refractivity contribution in [2.45, 2.75) is 11.7 Å². The van der Waals surface area contributed by atoms with Crippen LogP contribution in [0.2, 0.25) is 15.1 Å². The topological polar surface area (TPSA) is 73.0 Å². The third-order valence-electron chi connectivity index (χ3n) is 4.29. The number of hydrogen-bond donors (Lipinski definition) is 1. The number of rotatable bonds is 7. The molecule has 0 radical (unpaired) electrons. The normalized spacial score (nSPS) is 11.1. The zero-order chi connectivity index (χ0) is 22.0. The number of para-hydroxylation sites is 1. The molecule has 31 heavy (non-hydrogen) atoms. The molecule has 0 bridgehead atoms. The van der Waals surface area contributed by atoms with E-state index in [4.69, 9.17) is 39.2 Å². The Morgan fingerprint density at radius 1 is 1.13 bits per heavy atom. The van der Waals surface area contributed by atoms with Crippen LogP contribution in [-0.2, 0) is 11.3 Å². The highest BCUT2D eigenvalue weighted by Gasteiger charge is 2.18. The van der Waals surface area contributed by atoms with Crippen LogP contribution in [0.1, 0.15) is 0 Å². The van der Waals surface area contributed by atoms with Crippen LogP contribution in [-0.4, -0.2) is 26.4 Å². The van der Waals surface area contributed by atoms with Gasteiger partial charge in [0.05, 0.1) is 26.5 Å². The molecule has 158 valence electrons. The number of carbonyl (C=O) groups is 1. The molecule has 0 unspecified atom stereocenters. The first-order valence-electron chi connectivity index (χ1n) is 9.06. The lowest BCUT2D eigenvalue weighted by Crippen LogP contribution is -2.15. The molecular weight excluding hydrogens is 479 g/mol. The highest BCUT2D eigenvalue weighted by atomic mass is 35.5. The Morgan fingerprint density at radius 3 is 2.68 bits per heavy atom. The number of halogens is 3. The van der Waals surface area contributed by atoms with E-state index < -0.39 is 0 Å². The van der Waals surface area contributed by atoms with Gasteiger partial charge < -0.3 is 9.73 Å². The number of allylic oxidation sites excluding steroid dienone is 1. The van der Waals surface area contributed by atoms with Crippen LogP contribution < -0.4 is 5.32 Å². The summed E-state index contributed by atoms with van der Waals surface area (Å²) in [4.78, 5) is 12.4. The van der Waals surface area contributed by atoms with Gasteiger partial charge in [-0.25, -0.2) is 0 Å². The molecular formula is C21H15Cl3N4O2S. The van der Waals surface area contributed by atoms with E-state index in [1.807, 2.05) is 34.9 Å². The number of thioether (sulfide) groups is 1. The van der Waals surface area contributed by atoms with Gasteiger partial charge in [-0.3, -0.25) is 9.36 Å². The lowest BCUT2D eigenvalue weighted by atomic mass is 10.2. The van der Waals surface area contributed by atoms with E-state index >= 15 is 0 Å². The average Bonchev–Trinajstić information content (AvgIpc) is 3.34. The van der Waals surface area contributed by atoms with E-state index in [0.717, 1.165) is 11.0 Å². The van der Waals surface area contributed by atoms with Crippen LogP contribution in [0.3, 0.4) is 0 Å². The number of amides is 1. The van der Waals surface area contributed by atoms with Crippen LogP contribution in [0.5, 0.6) is 0 Å². The summed E-state index contributed by atoms with van der Waals surface area (Å²) < 4.78 is 7.75. The molecule has 4 aromatic rings. The van der Waals surface area contributed by atoms with Gasteiger partial charge in [0, 0.05) is 11.9 Å². The number of furan rings is 1. The molecule has 0 aliphatic heterocycles. The lowest BCUT2D eigenvalue weighted by Gasteiger charge is -2.09. The second-order valence-corrected chi connectivity index (χ2v) is 8.60. The summed E-state index contributed by atoms with van der Waals surface area (Å²) in [6.07, 6.45) is 1.73. The summed E-state index contributed by atoms with van der Waals surface area (Å²) >= 11 is 19.3. The quantitative estimate of drug-likeness (QED) is 0.179. The third kappa shape index (κ3) is 4.75. The molecule has 4 rings (SSSR count). The van der Waals surface area contributed by atoms with E-state index in [9.17, 15) is 4.79 Å². The van der Waals surface area contributed by atoms with Crippen molar-refractivity contribution in [2.24, 2.45) is 0 Å². The van der Waals surface area contributed by atoms with Gasteiger partial charge >= 0.3 is 0 Å². The zero-order valence-corrected chi connectivity index (χ0v) is 19.0. The van der Waals surface area contributed by atoms with Gasteiger partial charge in [0.1, 0.15) is 5.58 Å². The van der Waals surface area contributed by atoms with Gasteiger partial charge in [0.15, 0.2) is 10.9 Å². The number of fused-ring (bicyclic) bond motifs is 1. The molecule has 0 atom stereocenters. The summed E-state index contributed by atoms with van der Waals surface area (Å²) in [5, 5.41) is 13.7. The minimum atomic E-state index is -0.274. The SMILES string of the molecule is C=CCn1c(SCC(=O)Nc2cc(Cl)c(Cl)cc2Cl)nnc1-c1cc2ccccc2o1. The number of carbonyl (C=O) groups excluding carboxylic acids is 1. The van der Waals surface area contributed by atoms with Gasteiger partial charge in [-0.15, -0.1) is 16.8 Å². The second kappa shape index (κ2) is 9.36. The number of aromatic nitrogens is 3. The maximum absolute atomic E-state index is 12.4. The van der Waals surface area contributed by atoms with Crippen molar-refractivity contribution >= 4 is 69.1 Å². The smallest absolute Gasteiger partial charge is 0.234 e. The van der Waals surface area contributed by atoms with Gasteiger partial charge in [-0.1, -0.05) is 70.8 Å². The van der Waals surface area contributed by atoms with Gasteiger partial charge in [-0.2, -0.15) is 0 Å². The molecule has 0 saturated heterocycles. The maximum atomic E-state index is 12.4. The summed E-state index contributed by atoms with van der Waals surface area (Å²) in [6, 6.07) is 12.6. The van der Waals surface area contributed by atoms with E-state index in [2.05, 4.69) is 22.1 Å². The van der Waals surface area contributed by atoms with E-state index in [-0.39, 0.29) is 11.7 Å². The van der Waals surface area contributed by atoms with Crippen LogP contribution in [0.4, 0.5) is 5.69 Å². The van der Waals surface area contributed by atoms with Crippen molar-refractivity contribution in [2.75, 3.05) is 11.1 Å². The molecule has 0 fully saturated rings. The largest absolute Gasteiger partial charge is 0.453 e. The minimum Gasteiger partial charge on any atom is -0.453 e. The molecule has 1 N–H and O–H groups in total. The molecule has 2 aromatic heterocycles. The standard InChI is InChI=1S/C21H15Cl3N4O2S/c1-2-7-28-20(18-8-12-5-3-4-6-17(12)30-18)26-27-21(28)31-11-19(29)25-16-10-14(23)13(22)9-15(16)24/h2-6,8-10H,1,7,11H2,(H,25,29). The summed E-state index contributed by atoms with van der Waals surface area (Å²) in [5.41, 5.74) is 1.15. The zero-order valence-electron chi connectivity index (χ0n) is 15.9. The second-order valence-electron chi connectivity index (χ2n) is 6.44. The van der Waals surface area contributed by atoms with Gasteiger partial charge in [0.25, 0.3) is 0 Å². The third-order valence-corrected chi connectivity index (χ3v) is 6.29. The molecule has 0 spiro atoms. The molecule has 2 aromatic carbocycles. The summed E-state index contributed by atoms with van der Waals surface area (Å²) in [7, 11) is 0. The molecule has 0 aliphatic carbocycles. The number of hydrogen-bond acceptors (Lipinski definition) is 5. The Hall–Kier alpha value is -2.45. The predicted octanol–water partition coefficient (Wildman–Crippen LogP) is 6.57. The Kier molecular flexibility index (Phi) is 6.57. The van der Waals surface area contributed by atoms with Crippen LogP contribution in [0.25, 0.3) is 22.6 Å². The Balaban J connectivity index is 1.51. The average molecular weight is 494 g/mol. The highest BCUT2D eigenvalue weighted by Crippen LogP contribution is 2.33. The predicted molar refractivity (Wildman–Crippen MR) is 126 cm³/mol. The Labute approximate surface area is 197 Å². The van der Waals surface area contributed by atoms with E-state index in [0.29, 0.717) is 44.0 Å². The number of nitrogens with one attached hydrogen (secondary N) is 1. The van der Waals surface area contributed by atoms with Crippen molar-refractivity contribution in [1.82, 2.24) is 14.8 Å². The molecule has 1 amide bonds. The summed E-state index contributed by atoms with van der Waals surface area (Å²) in [5.74, 6) is 0.969. The molecule has 2 heterocycles. The van der Waals surface area contributed by atoms with Crippen molar-refractivity contribution < 1.29 is 9.21 Å². The van der Waals surface area contributed by atoms with Crippen LogP contribution in [0, 0.1) is 0 Å². The van der Waals surface area contributed by atoms with E-state index in [1.165, 1.54) is 23.9 Å². The van der Waals surface area contributed by atoms with Crippen LogP contribution in [0.15, 0.2) is 64.7 Å². The van der Waals surface area contributed by atoms with Crippen molar-refractivity contribution in [1.29, 1.82) is 0 Å². The fraction of sp³-hybridized carbons (Fsp3) is 0.0952. The lowest BCUT2D eigenvalue weighted by molar-refractivity contribution is -0.113. The first-order valence-corrected chi connectivity index (χ1v) is 11.2. The molecule has 6 nitrogen and oxygen atoms in total. The fourth-order valence-corrected chi connectivity index (χ4v) is 4.24. The Morgan fingerprint density at radius 2 is 1.90 bits per heavy atom. The summed E-state index contributed by atoms with van der Waals surface area (Å²) in [6.45, 7) is 4.26. The van der Waals surface area contributed by atoms with Crippen molar-refractivity contribution in [3.63, 3.8) is 0 Å². The maximum Gasteiger partial charge on any atom is 0.234 e. The van der Waals surface area contributed by atoms with Crippen LogP contribution >= 0.6 is 46.6 Å². The van der Waals surface area contributed by atoms with Crippen molar-refractivity contribution in [3.05, 3.63) is 70.2 Å². The first kappa shape index (κ1) is 21.8. The van der Waals surface area contributed by atoms with Gasteiger partial charge in [0.2, 0.25) is 11.7 Å². The minimum absolute atomic E-state index is 0.0893. The number of benzene rings is 2. The number of nitrogens with zero attached hydrogens (tertiary/aromatic N) is 3. The first-order chi connectivity index (χ1) is 15.0.